The zero-order valence-electron chi connectivity index (χ0n) is 16.0. The van der Waals surface area contributed by atoms with E-state index in [0.717, 1.165) is 0 Å². The van der Waals surface area contributed by atoms with Crippen LogP contribution < -0.4 is 10.9 Å². The van der Waals surface area contributed by atoms with Gasteiger partial charge in [-0.15, -0.1) is 0 Å². The third-order valence-corrected chi connectivity index (χ3v) is 4.96. The number of hydrogen-bond donors (Lipinski definition) is 1. The van der Waals surface area contributed by atoms with Gasteiger partial charge in [0.1, 0.15) is 23.1 Å². The van der Waals surface area contributed by atoms with Crippen LogP contribution in [0.2, 0.25) is 5.02 Å². The minimum absolute atomic E-state index is 0.0965. The van der Waals surface area contributed by atoms with Crippen molar-refractivity contribution in [2.45, 2.75) is 6.54 Å². The summed E-state index contributed by atoms with van der Waals surface area (Å²) in [5.74, 6) is -1.18. The molecule has 2 aromatic carbocycles. The normalized spacial score (nSPS) is 10.6. The summed E-state index contributed by atoms with van der Waals surface area (Å²) in [7, 11) is 0. The number of hydrogen-bond acceptors (Lipinski definition) is 4. The van der Waals surface area contributed by atoms with Crippen molar-refractivity contribution in [2.75, 3.05) is 5.32 Å². The highest BCUT2D eigenvalue weighted by atomic mass is 35.5. The predicted molar refractivity (Wildman–Crippen MR) is 116 cm³/mol. The molecule has 6 nitrogen and oxygen atoms in total. The second-order valence-electron chi connectivity index (χ2n) is 6.71. The number of fused-ring (bicyclic) bond motifs is 1. The first kappa shape index (κ1) is 20.3. The SMILES string of the molecule is N#Cc1ccc(Cl)cc1NC(=O)c1cc2cccnc2n(Cc2ccccc2F)c1=O. The summed E-state index contributed by atoms with van der Waals surface area (Å²) in [5, 5.41) is 12.7. The van der Waals surface area contributed by atoms with Gasteiger partial charge in [-0.05, 0) is 42.5 Å². The smallest absolute Gasteiger partial charge is 0.265 e. The van der Waals surface area contributed by atoms with Crippen molar-refractivity contribution < 1.29 is 9.18 Å². The van der Waals surface area contributed by atoms with E-state index in [1.165, 1.54) is 41.1 Å². The number of carbonyl (C=O) groups excluding carboxylic acids is 1. The maximum atomic E-state index is 14.2. The third kappa shape index (κ3) is 4.02. The predicted octanol–water partition coefficient (Wildman–Crippen LogP) is 4.36. The van der Waals surface area contributed by atoms with Crippen molar-refractivity contribution in [1.29, 1.82) is 5.26 Å². The Morgan fingerprint density at radius 1 is 1.16 bits per heavy atom. The van der Waals surface area contributed by atoms with Gasteiger partial charge in [0.15, 0.2) is 0 Å². The van der Waals surface area contributed by atoms with E-state index >= 15 is 0 Å². The number of amides is 1. The number of nitrogens with one attached hydrogen (secondary N) is 1. The van der Waals surface area contributed by atoms with Gasteiger partial charge in [0.25, 0.3) is 11.5 Å². The molecule has 0 saturated heterocycles. The van der Waals surface area contributed by atoms with Crippen LogP contribution in [0.25, 0.3) is 11.0 Å². The van der Waals surface area contributed by atoms with Crippen LogP contribution in [0, 0.1) is 17.1 Å². The van der Waals surface area contributed by atoms with E-state index in [1.54, 1.807) is 30.3 Å². The van der Waals surface area contributed by atoms with Crippen molar-refractivity contribution in [3.05, 3.63) is 105 Å². The highest BCUT2D eigenvalue weighted by molar-refractivity contribution is 6.31. The van der Waals surface area contributed by atoms with Crippen LogP contribution in [-0.2, 0) is 6.54 Å². The van der Waals surface area contributed by atoms with Crippen LogP contribution in [0.3, 0.4) is 0 Å². The molecule has 0 saturated carbocycles. The average molecular weight is 433 g/mol. The number of nitrogens with zero attached hydrogens (tertiary/aromatic N) is 3. The average Bonchev–Trinajstić information content (AvgIpc) is 2.77. The van der Waals surface area contributed by atoms with Crippen LogP contribution >= 0.6 is 11.6 Å². The second-order valence-corrected chi connectivity index (χ2v) is 7.15. The number of anilines is 1. The van der Waals surface area contributed by atoms with Crippen LogP contribution in [-0.4, -0.2) is 15.5 Å². The van der Waals surface area contributed by atoms with Gasteiger partial charge >= 0.3 is 0 Å². The summed E-state index contributed by atoms with van der Waals surface area (Å²) in [4.78, 5) is 30.4. The first-order chi connectivity index (χ1) is 15.0. The zero-order chi connectivity index (χ0) is 22.0. The number of benzene rings is 2. The Morgan fingerprint density at radius 2 is 1.97 bits per heavy atom. The first-order valence-corrected chi connectivity index (χ1v) is 9.58. The molecule has 0 fully saturated rings. The molecule has 0 unspecified atom stereocenters. The Hall–Kier alpha value is -4.02. The molecule has 31 heavy (non-hydrogen) atoms. The van der Waals surface area contributed by atoms with E-state index < -0.39 is 17.3 Å². The van der Waals surface area contributed by atoms with Crippen LogP contribution in [0.5, 0.6) is 0 Å². The molecule has 0 spiro atoms. The van der Waals surface area contributed by atoms with Crippen LogP contribution in [0.15, 0.2) is 71.7 Å². The van der Waals surface area contributed by atoms with Crippen LogP contribution in [0.1, 0.15) is 21.5 Å². The molecule has 1 amide bonds. The number of pyridine rings is 2. The Labute approximate surface area is 181 Å². The molecular weight excluding hydrogens is 419 g/mol. The van der Waals surface area contributed by atoms with Crippen molar-refractivity contribution in [3.8, 4) is 6.07 Å². The fourth-order valence-electron chi connectivity index (χ4n) is 3.22. The van der Waals surface area contributed by atoms with E-state index in [2.05, 4.69) is 10.3 Å². The largest absolute Gasteiger partial charge is 0.321 e. The lowest BCUT2D eigenvalue weighted by atomic mass is 10.1. The summed E-state index contributed by atoms with van der Waals surface area (Å²) < 4.78 is 15.5. The van der Waals surface area contributed by atoms with Gasteiger partial charge in [-0.25, -0.2) is 9.37 Å². The van der Waals surface area contributed by atoms with Gasteiger partial charge in [-0.2, -0.15) is 5.26 Å². The summed E-state index contributed by atoms with van der Waals surface area (Å²) in [6.45, 7) is -0.0965. The number of rotatable bonds is 4. The van der Waals surface area contributed by atoms with Crippen molar-refractivity contribution >= 4 is 34.2 Å². The Balaban J connectivity index is 1.82. The molecule has 1 N–H and O–H groups in total. The third-order valence-electron chi connectivity index (χ3n) is 4.73. The van der Waals surface area contributed by atoms with Gasteiger partial charge in [-0.3, -0.25) is 14.2 Å². The number of aromatic nitrogens is 2. The molecule has 0 atom stereocenters. The molecule has 2 aromatic heterocycles. The Kier molecular flexibility index (Phi) is 5.48. The minimum atomic E-state index is -0.711. The summed E-state index contributed by atoms with van der Waals surface area (Å²) in [6.07, 6.45) is 1.52. The maximum Gasteiger partial charge on any atom is 0.265 e. The fraction of sp³-hybridized carbons (Fsp3) is 0.0435. The van der Waals surface area contributed by atoms with E-state index in [9.17, 15) is 19.2 Å². The number of carbonyl (C=O) groups is 1. The first-order valence-electron chi connectivity index (χ1n) is 9.21. The van der Waals surface area contributed by atoms with Gasteiger partial charge in [0, 0.05) is 22.2 Å². The minimum Gasteiger partial charge on any atom is -0.321 e. The van der Waals surface area contributed by atoms with Gasteiger partial charge in [-0.1, -0.05) is 29.8 Å². The standard InChI is InChI=1S/C23H14ClFN4O2/c24-17-8-7-15(12-26)20(11-17)28-22(30)18-10-14-5-3-9-27-21(14)29(23(18)31)13-16-4-1-2-6-19(16)25/h1-11H,13H2,(H,28,30). The number of nitriles is 1. The molecule has 152 valence electrons. The lowest BCUT2D eigenvalue weighted by Crippen LogP contribution is -2.30. The molecule has 0 radical (unpaired) electrons. The van der Waals surface area contributed by atoms with Crippen molar-refractivity contribution in [3.63, 3.8) is 0 Å². The maximum absolute atomic E-state index is 14.2. The highest BCUT2D eigenvalue weighted by Gasteiger charge is 2.18. The fourth-order valence-corrected chi connectivity index (χ4v) is 3.39. The van der Waals surface area contributed by atoms with Gasteiger partial charge in [0.2, 0.25) is 0 Å². The molecular formula is C23H14ClFN4O2. The van der Waals surface area contributed by atoms with E-state index in [1.807, 2.05) is 6.07 Å². The van der Waals surface area contributed by atoms with Gasteiger partial charge < -0.3 is 5.32 Å². The van der Waals surface area contributed by atoms with Crippen molar-refractivity contribution in [1.82, 2.24) is 9.55 Å². The molecule has 0 aliphatic heterocycles. The Morgan fingerprint density at radius 3 is 2.74 bits per heavy atom. The molecule has 2 heterocycles. The van der Waals surface area contributed by atoms with Crippen molar-refractivity contribution in [2.24, 2.45) is 0 Å². The topological polar surface area (TPSA) is 87.8 Å². The molecule has 0 bridgehead atoms. The second kappa shape index (κ2) is 8.38. The molecule has 0 aliphatic rings. The zero-order valence-corrected chi connectivity index (χ0v) is 16.7. The summed E-state index contributed by atoms with van der Waals surface area (Å²) in [6, 6.07) is 17.3. The lowest BCUT2D eigenvalue weighted by Gasteiger charge is -2.13. The summed E-state index contributed by atoms with van der Waals surface area (Å²) >= 11 is 5.97. The van der Waals surface area contributed by atoms with E-state index in [4.69, 9.17) is 11.6 Å². The molecule has 0 aliphatic carbocycles. The Bertz CT molecular complexity index is 1430. The van der Waals surface area contributed by atoms with Gasteiger partial charge in [0.05, 0.1) is 17.8 Å². The summed E-state index contributed by atoms with van der Waals surface area (Å²) in [5.41, 5.74) is 0.204. The monoisotopic (exact) mass is 432 g/mol. The van der Waals surface area contributed by atoms with E-state index in [0.29, 0.717) is 16.1 Å². The molecule has 4 rings (SSSR count). The lowest BCUT2D eigenvalue weighted by molar-refractivity contribution is 0.102. The van der Waals surface area contributed by atoms with Crippen LogP contribution in [0.4, 0.5) is 10.1 Å². The molecule has 4 aromatic rings. The quantitative estimate of drug-likeness (QED) is 0.519. The molecule has 8 heteroatoms. The van der Waals surface area contributed by atoms with E-state index in [-0.39, 0.29) is 28.9 Å². The highest BCUT2D eigenvalue weighted by Crippen LogP contribution is 2.21. The number of halogens is 2.